The molecule has 0 aliphatic rings. The van der Waals surface area contributed by atoms with Gasteiger partial charge in [-0.3, -0.25) is 4.79 Å². The normalized spacial score (nSPS) is 10.6. The molecule has 2 aromatic heterocycles. The van der Waals surface area contributed by atoms with E-state index in [1.54, 1.807) is 24.3 Å². The molecule has 0 unspecified atom stereocenters. The SMILES string of the molecule is O=C(Cc1ccc(-c2ccc(Cl)s2)c(F)c1)Oc1cocn1. The summed E-state index contributed by atoms with van der Waals surface area (Å²) in [5.74, 6) is -0.874. The summed E-state index contributed by atoms with van der Waals surface area (Å²) in [7, 11) is 0. The summed E-state index contributed by atoms with van der Waals surface area (Å²) in [6, 6.07) is 8.08. The molecular weight excluding hydrogens is 329 g/mol. The summed E-state index contributed by atoms with van der Waals surface area (Å²) in [4.78, 5) is 16.1. The third kappa shape index (κ3) is 3.35. The predicted octanol–water partition coefficient (Wildman–Crippen LogP) is 4.34. The number of hydrogen-bond acceptors (Lipinski definition) is 5. The van der Waals surface area contributed by atoms with E-state index in [-0.39, 0.29) is 12.3 Å². The summed E-state index contributed by atoms with van der Waals surface area (Å²) < 4.78 is 24.4. The molecule has 0 amide bonds. The maximum absolute atomic E-state index is 14.2. The quantitative estimate of drug-likeness (QED) is 0.664. The van der Waals surface area contributed by atoms with Crippen molar-refractivity contribution in [3.63, 3.8) is 0 Å². The molecule has 1 aromatic carbocycles. The highest BCUT2D eigenvalue weighted by Gasteiger charge is 2.12. The number of aromatic nitrogens is 1. The topological polar surface area (TPSA) is 52.3 Å². The highest BCUT2D eigenvalue weighted by Crippen LogP contribution is 2.32. The molecule has 0 saturated heterocycles. The molecule has 0 atom stereocenters. The Kier molecular flexibility index (Phi) is 4.22. The zero-order valence-electron chi connectivity index (χ0n) is 11.1. The molecule has 0 saturated carbocycles. The molecule has 0 aliphatic carbocycles. The Balaban J connectivity index is 1.73. The highest BCUT2D eigenvalue weighted by molar-refractivity contribution is 7.19. The maximum atomic E-state index is 14.2. The van der Waals surface area contributed by atoms with Crippen molar-refractivity contribution >= 4 is 28.9 Å². The van der Waals surface area contributed by atoms with Gasteiger partial charge in [-0.15, -0.1) is 11.3 Å². The fourth-order valence-electron chi connectivity index (χ4n) is 1.90. The van der Waals surface area contributed by atoms with Gasteiger partial charge in [0.05, 0.1) is 10.8 Å². The molecular formula is C15H9ClFNO3S. The van der Waals surface area contributed by atoms with Crippen molar-refractivity contribution in [3.8, 4) is 16.3 Å². The van der Waals surface area contributed by atoms with Crippen LogP contribution in [0.15, 0.2) is 47.4 Å². The van der Waals surface area contributed by atoms with Crippen LogP contribution in [0.25, 0.3) is 10.4 Å². The van der Waals surface area contributed by atoms with Crippen LogP contribution in [0.5, 0.6) is 5.88 Å². The van der Waals surface area contributed by atoms with Gasteiger partial charge in [0.2, 0.25) is 0 Å². The lowest BCUT2D eigenvalue weighted by Gasteiger charge is -2.04. The van der Waals surface area contributed by atoms with E-state index in [4.69, 9.17) is 20.8 Å². The Morgan fingerprint density at radius 2 is 2.23 bits per heavy atom. The lowest BCUT2D eigenvalue weighted by molar-refractivity contribution is -0.133. The summed E-state index contributed by atoms with van der Waals surface area (Å²) in [6.07, 6.45) is 2.31. The van der Waals surface area contributed by atoms with Gasteiger partial charge >= 0.3 is 5.97 Å². The largest absolute Gasteiger partial charge is 0.448 e. The number of oxazole rings is 1. The molecule has 22 heavy (non-hydrogen) atoms. The molecule has 0 bridgehead atoms. The number of rotatable bonds is 4. The van der Waals surface area contributed by atoms with Gasteiger partial charge in [-0.05, 0) is 23.8 Å². The monoisotopic (exact) mass is 337 g/mol. The van der Waals surface area contributed by atoms with E-state index >= 15 is 0 Å². The van der Waals surface area contributed by atoms with E-state index in [9.17, 15) is 9.18 Å². The van der Waals surface area contributed by atoms with Crippen LogP contribution in [0.1, 0.15) is 5.56 Å². The fraction of sp³-hybridized carbons (Fsp3) is 0.0667. The number of halogens is 2. The standard InChI is InChI=1S/C15H9ClFNO3S/c16-13-4-3-12(22-13)10-2-1-9(5-11(10)17)6-15(19)21-14-7-20-8-18-14/h1-5,7-8H,6H2. The van der Waals surface area contributed by atoms with Gasteiger partial charge in [-0.2, -0.15) is 4.98 Å². The molecule has 112 valence electrons. The number of esters is 1. The molecule has 0 fully saturated rings. The van der Waals surface area contributed by atoms with E-state index in [1.807, 2.05) is 0 Å². The molecule has 0 N–H and O–H groups in total. The highest BCUT2D eigenvalue weighted by atomic mass is 35.5. The minimum atomic E-state index is -0.541. The number of carbonyl (C=O) groups is 1. The van der Waals surface area contributed by atoms with Gasteiger partial charge in [0.1, 0.15) is 5.82 Å². The number of nitrogens with zero attached hydrogens (tertiary/aromatic N) is 1. The van der Waals surface area contributed by atoms with Crippen molar-refractivity contribution in [1.82, 2.24) is 4.98 Å². The van der Waals surface area contributed by atoms with Crippen molar-refractivity contribution in [1.29, 1.82) is 0 Å². The Labute approximate surface area is 134 Å². The maximum Gasteiger partial charge on any atom is 0.317 e. The number of benzene rings is 1. The van der Waals surface area contributed by atoms with Crippen LogP contribution in [0.4, 0.5) is 4.39 Å². The van der Waals surface area contributed by atoms with Gasteiger partial charge in [0.15, 0.2) is 12.7 Å². The molecule has 7 heteroatoms. The Bertz CT molecular complexity index is 801. The van der Waals surface area contributed by atoms with Crippen LogP contribution in [-0.2, 0) is 11.2 Å². The van der Waals surface area contributed by atoms with Crippen LogP contribution in [0.3, 0.4) is 0 Å². The molecule has 2 heterocycles. The average Bonchev–Trinajstić information content (AvgIpc) is 3.10. The summed E-state index contributed by atoms with van der Waals surface area (Å²) in [5, 5.41) is 0. The first-order valence-corrected chi connectivity index (χ1v) is 7.44. The number of carbonyl (C=O) groups excluding carboxylic acids is 1. The molecule has 4 nitrogen and oxygen atoms in total. The summed E-state index contributed by atoms with van der Waals surface area (Å²) in [5.41, 5.74) is 0.961. The van der Waals surface area contributed by atoms with Crippen molar-refractivity contribution in [2.45, 2.75) is 6.42 Å². The van der Waals surface area contributed by atoms with Crippen LogP contribution >= 0.6 is 22.9 Å². The summed E-state index contributed by atoms with van der Waals surface area (Å²) in [6.45, 7) is 0. The second-order valence-electron chi connectivity index (χ2n) is 4.40. The first kappa shape index (κ1) is 14.7. The molecule has 0 aliphatic heterocycles. The van der Waals surface area contributed by atoms with E-state index in [1.165, 1.54) is 23.7 Å². The van der Waals surface area contributed by atoms with Gasteiger partial charge in [-0.1, -0.05) is 23.7 Å². The zero-order valence-corrected chi connectivity index (χ0v) is 12.7. The minimum Gasteiger partial charge on any atom is -0.448 e. The lowest BCUT2D eigenvalue weighted by atomic mass is 10.1. The average molecular weight is 338 g/mol. The first-order chi connectivity index (χ1) is 10.6. The third-order valence-corrected chi connectivity index (χ3v) is 4.11. The fourth-order valence-corrected chi connectivity index (χ4v) is 2.97. The van der Waals surface area contributed by atoms with Crippen LogP contribution in [0.2, 0.25) is 4.34 Å². The van der Waals surface area contributed by atoms with Crippen molar-refractivity contribution in [2.24, 2.45) is 0 Å². The molecule has 0 spiro atoms. The van der Waals surface area contributed by atoms with Gasteiger partial charge in [0.25, 0.3) is 5.88 Å². The Morgan fingerprint density at radius 1 is 1.36 bits per heavy atom. The number of ether oxygens (including phenoxy) is 1. The Morgan fingerprint density at radius 3 is 2.86 bits per heavy atom. The second-order valence-corrected chi connectivity index (χ2v) is 6.11. The lowest BCUT2D eigenvalue weighted by Crippen LogP contribution is -2.11. The predicted molar refractivity (Wildman–Crippen MR) is 80.6 cm³/mol. The second kappa shape index (κ2) is 6.29. The van der Waals surface area contributed by atoms with Gasteiger partial charge in [-0.25, -0.2) is 4.39 Å². The molecule has 0 radical (unpaired) electrons. The van der Waals surface area contributed by atoms with E-state index < -0.39 is 11.8 Å². The van der Waals surface area contributed by atoms with E-state index in [0.29, 0.717) is 15.5 Å². The Hall–Kier alpha value is -2.18. The van der Waals surface area contributed by atoms with E-state index in [2.05, 4.69) is 4.98 Å². The van der Waals surface area contributed by atoms with Crippen LogP contribution < -0.4 is 4.74 Å². The van der Waals surface area contributed by atoms with Crippen molar-refractivity contribution in [2.75, 3.05) is 0 Å². The smallest absolute Gasteiger partial charge is 0.317 e. The van der Waals surface area contributed by atoms with Gasteiger partial charge in [0, 0.05) is 10.4 Å². The molecule has 3 rings (SSSR count). The first-order valence-electron chi connectivity index (χ1n) is 6.25. The number of hydrogen-bond donors (Lipinski definition) is 0. The molecule has 3 aromatic rings. The van der Waals surface area contributed by atoms with Gasteiger partial charge < -0.3 is 9.15 Å². The van der Waals surface area contributed by atoms with Crippen LogP contribution in [-0.4, -0.2) is 11.0 Å². The minimum absolute atomic E-state index is 0.0603. The third-order valence-electron chi connectivity index (χ3n) is 2.85. The zero-order chi connectivity index (χ0) is 15.5. The van der Waals surface area contributed by atoms with E-state index in [0.717, 1.165) is 11.3 Å². The summed E-state index contributed by atoms with van der Waals surface area (Å²) >= 11 is 7.14. The van der Waals surface area contributed by atoms with Crippen molar-refractivity contribution < 1.29 is 18.3 Å². The van der Waals surface area contributed by atoms with Crippen molar-refractivity contribution in [3.05, 3.63) is 58.7 Å². The van der Waals surface area contributed by atoms with Crippen LogP contribution in [0, 0.1) is 5.82 Å². The number of thiophene rings is 1.